The van der Waals surface area contributed by atoms with E-state index in [1.165, 1.54) is 0 Å². The Labute approximate surface area is 182 Å². The molecule has 0 aromatic heterocycles. The zero-order valence-electron chi connectivity index (χ0n) is 16.0. The number of carbonyl (C=O) groups is 2. The molecule has 1 saturated heterocycles. The lowest BCUT2D eigenvalue weighted by atomic mass is 10.1. The van der Waals surface area contributed by atoms with E-state index in [0.717, 1.165) is 10.5 Å². The number of nitrogens with one attached hydrogen (secondary N) is 1. The van der Waals surface area contributed by atoms with Gasteiger partial charge in [0.05, 0.1) is 11.1 Å². The van der Waals surface area contributed by atoms with Gasteiger partial charge in [-0.2, -0.15) is 0 Å². The number of nitrogens with zero attached hydrogens (tertiary/aromatic N) is 1. The monoisotopic (exact) mass is 478 g/mol. The molecule has 1 fully saturated rings. The zero-order chi connectivity index (χ0) is 21.0. The summed E-state index contributed by atoms with van der Waals surface area (Å²) in [4.78, 5) is 25.3. The van der Waals surface area contributed by atoms with Gasteiger partial charge in [-0.15, -0.1) is 0 Å². The van der Waals surface area contributed by atoms with E-state index in [9.17, 15) is 9.59 Å². The van der Waals surface area contributed by atoms with Crippen LogP contribution < -0.4 is 14.8 Å². The lowest BCUT2D eigenvalue weighted by Gasteiger charge is -2.15. The minimum Gasteiger partial charge on any atom is -0.490 e. The van der Waals surface area contributed by atoms with E-state index in [2.05, 4.69) is 21.2 Å². The lowest BCUT2D eigenvalue weighted by Crippen LogP contribution is -2.30. The maximum atomic E-state index is 12.3. The van der Waals surface area contributed by atoms with Crippen LogP contribution >= 0.6 is 27.5 Å². The molecule has 0 spiro atoms. The molecule has 152 valence electrons. The van der Waals surface area contributed by atoms with Crippen molar-refractivity contribution in [1.82, 2.24) is 10.2 Å². The maximum absolute atomic E-state index is 12.3. The summed E-state index contributed by atoms with van der Waals surface area (Å²) in [5.41, 5.74) is 1.88. The summed E-state index contributed by atoms with van der Waals surface area (Å²) in [6.07, 6.45) is 1.62. The third-order valence-corrected chi connectivity index (χ3v) is 5.06. The third kappa shape index (κ3) is 4.92. The van der Waals surface area contributed by atoms with Crippen LogP contribution in [0.2, 0.25) is 5.02 Å². The average Bonchev–Trinajstić information content (AvgIpc) is 2.95. The van der Waals surface area contributed by atoms with E-state index in [1.54, 1.807) is 37.3 Å². The van der Waals surface area contributed by atoms with Crippen LogP contribution in [-0.4, -0.2) is 30.0 Å². The smallest absolute Gasteiger partial charge is 0.328 e. The topological polar surface area (TPSA) is 67.9 Å². The van der Waals surface area contributed by atoms with Crippen molar-refractivity contribution in [3.8, 4) is 11.5 Å². The Hall–Kier alpha value is -2.51. The summed E-state index contributed by atoms with van der Waals surface area (Å²) in [5.74, 6) is 0.738. The Kier molecular flexibility index (Phi) is 6.82. The summed E-state index contributed by atoms with van der Waals surface area (Å²) >= 11 is 9.44. The van der Waals surface area contributed by atoms with Crippen LogP contribution in [-0.2, 0) is 11.4 Å². The van der Waals surface area contributed by atoms with Crippen molar-refractivity contribution in [3.05, 3.63) is 62.7 Å². The number of halogens is 2. The molecule has 0 radical (unpaired) electrons. The van der Waals surface area contributed by atoms with E-state index in [0.29, 0.717) is 46.3 Å². The number of benzene rings is 2. The molecule has 1 heterocycles. The summed E-state index contributed by atoms with van der Waals surface area (Å²) < 4.78 is 12.4. The Balaban J connectivity index is 1.86. The molecular formula is C21H20BrClN2O4. The first-order chi connectivity index (χ1) is 13.9. The van der Waals surface area contributed by atoms with E-state index in [-0.39, 0.29) is 11.6 Å². The van der Waals surface area contributed by atoms with Crippen LogP contribution in [0.15, 0.2) is 46.6 Å². The summed E-state index contributed by atoms with van der Waals surface area (Å²) in [6.45, 7) is 4.73. The van der Waals surface area contributed by atoms with Gasteiger partial charge in [0.25, 0.3) is 5.91 Å². The van der Waals surface area contributed by atoms with Crippen LogP contribution in [0.5, 0.6) is 11.5 Å². The first-order valence-electron chi connectivity index (χ1n) is 9.11. The van der Waals surface area contributed by atoms with Crippen LogP contribution in [0.1, 0.15) is 25.0 Å². The molecular weight excluding hydrogens is 460 g/mol. The van der Waals surface area contributed by atoms with Crippen molar-refractivity contribution in [2.75, 3.05) is 13.2 Å². The quantitative estimate of drug-likeness (QED) is 0.449. The fraction of sp³-hybridized carbons (Fsp3) is 0.238. The highest BCUT2D eigenvalue weighted by atomic mass is 79.9. The highest BCUT2D eigenvalue weighted by Crippen LogP contribution is 2.38. The van der Waals surface area contributed by atoms with E-state index in [4.69, 9.17) is 21.1 Å². The lowest BCUT2D eigenvalue weighted by molar-refractivity contribution is -0.122. The van der Waals surface area contributed by atoms with Gasteiger partial charge in [0.1, 0.15) is 12.3 Å². The number of rotatable bonds is 7. The van der Waals surface area contributed by atoms with Gasteiger partial charge in [0, 0.05) is 11.6 Å². The Morgan fingerprint density at radius 3 is 2.48 bits per heavy atom. The van der Waals surface area contributed by atoms with Gasteiger partial charge in [-0.3, -0.25) is 9.69 Å². The number of likely N-dealkylation sites (N-methyl/N-ethyl adjacent to an activating group) is 1. The summed E-state index contributed by atoms with van der Waals surface area (Å²) in [7, 11) is 0. The molecule has 1 aliphatic rings. The molecule has 2 aromatic carbocycles. The Bertz CT molecular complexity index is 960. The predicted octanol–water partition coefficient (Wildman–Crippen LogP) is 4.99. The van der Waals surface area contributed by atoms with Crippen molar-refractivity contribution < 1.29 is 19.1 Å². The number of urea groups is 1. The SMILES string of the molecule is CCOc1cc(/C=C2/NC(=O)N(CC)C2=O)cc(Br)c1OCc1ccc(Cl)cc1. The number of hydrogen-bond donors (Lipinski definition) is 1. The predicted molar refractivity (Wildman–Crippen MR) is 115 cm³/mol. The Morgan fingerprint density at radius 1 is 1.14 bits per heavy atom. The molecule has 0 bridgehead atoms. The second kappa shape index (κ2) is 9.33. The zero-order valence-corrected chi connectivity index (χ0v) is 18.3. The molecule has 3 amide bonds. The molecule has 2 aromatic rings. The molecule has 29 heavy (non-hydrogen) atoms. The number of hydrogen-bond acceptors (Lipinski definition) is 4. The molecule has 8 heteroatoms. The molecule has 1 aliphatic heterocycles. The van der Waals surface area contributed by atoms with Crippen molar-refractivity contribution >= 4 is 45.5 Å². The second-order valence-corrected chi connectivity index (χ2v) is 7.51. The fourth-order valence-corrected chi connectivity index (χ4v) is 3.54. The van der Waals surface area contributed by atoms with Crippen LogP contribution in [0.3, 0.4) is 0 Å². The Morgan fingerprint density at radius 2 is 1.86 bits per heavy atom. The normalized spacial score (nSPS) is 15.0. The number of amides is 3. The van der Waals surface area contributed by atoms with Gasteiger partial charge >= 0.3 is 6.03 Å². The summed E-state index contributed by atoms with van der Waals surface area (Å²) in [6, 6.07) is 10.6. The minimum absolute atomic E-state index is 0.223. The first kappa shape index (κ1) is 21.2. The van der Waals surface area contributed by atoms with Gasteiger partial charge in [0.2, 0.25) is 0 Å². The summed E-state index contributed by atoms with van der Waals surface area (Å²) in [5, 5.41) is 3.25. The van der Waals surface area contributed by atoms with E-state index >= 15 is 0 Å². The maximum Gasteiger partial charge on any atom is 0.328 e. The third-order valence-electron chi connectivity index (χ3n) is 4.22. The molecule has 1 N–H and O–H groups in total. The second-order valence-electron chi connectivity index (χ2n) is 6.22. The van der Waals surface area contributed by atoms with Crippen molar-refractivity contribution in [2.45, 2.75) is 20.5 Å². The van der Waals surface area contributed by atoms with E-state index < -0.39 is 6.03 Å². The molecule has 0 atom stereocenters. The van der Waals surface area contributed by atoms with Crippen molar-refractivity contribution in [3.63, 3.8) is 0 Å². The molecule has 0 unspecified atom stereocenters. The first-order valence-corrected chi connectivity index (χ1v) is 10.3. The number of carbonyl (C=O) groups excluding carboxylic acids is 2. The largest absolute Gasteiger partial charge is 0.490 e. The molecule has 3 rings (SSSR count). The van der Waals surface area contributed by atoms with Crippen LogP contribution in [0.25, 0.3) is 6.08 Å². The fourth-order valence-electron chi connectivity index (χ4n) is 2.84. The molecule has 0 aliphatic carbocycles. The standard InChI is InChI=1S/C21H20BrClN2O4/c1-3-25-20(26)17(24-21(25)27)10-14-9-16(22)19(18(11-14)28-4-2)29-12-13-5-7-15(23)8-6-13/h5-11H,3-4,12H2,1-2H3,(H,24,27)/b17-10+. The highest BCUT2D eigenvalue weighted by molar-refractivity contribution is 9.10. The molecule has 0 saturated carbocycles. The van der Waals surface area contributed by atoms with Crippen LogP contribution in [0, 0.1) is 0 Å². The highest BCUT2D eigenvalue weighted by Gasteiger charge is 2.32. The van der Waals surface area contributed by atoms with E-state index in [1.807, 2.05) is 19.1 Å². The van der Waals surface area contributed by atoms with Crippen molar-refractivity contribution in [2.24, 2.45) is 0 Å². The van der Waals surface area contributed by atoms with Gasteiger partial charge in [-0.25, -0.2) is 4.79 Å². The molecule has 6 nitrogen and oxygen atoms in total. The van der Waals surface area contributed by atoms with Crippen LogP contribution in [0.4, 0.5) is 4.79 Å². The minimum atomic E-state index is -0.421. The average molecular weight is 480 g/mol. The number of ether oxygens (including phenoxy) is 2. The number of imide groups is 1. The van der Waals surface area contributed by atoms with Gasteiger partial charge < -0.3 is 14.8 Å². The van der Waals surface area contributed by atoms with Gasteiger partial charge in [0.15, 0.2) is 11.5 Å². The van der Waals surface area contributed by atoms with Crippen molar-refractivity contribution in [1.29, 1.82) is 0 Å². The van der Waals surface area contributed by atoms with Gasteiger partial charge in [-0.05, 0) is 71.2 Å². The van der Waals surface area contributed by atoms with Gasteiger partial charge in [-0.1, -0.05) is 23.7 Å².